The first-order valence-corrected chi connectivity index (χ1v) is 6.87. The van der Waals surface area contributed by atoms with Crippen molar-refractivity contribution >= 4 is 5.91 Å². The molecule has 1 atom stereocenters. The molecule has 4 nitrogen and oxygen atoms in total. The molecule has 1 aromatic rings. The summed E-state index contributed by atoms with van der Waals surface area (Å²) in [7, 11) is 0. The van der Waals surface area contributed by atoms with Crippen molar-refractivity contribution in [3.05, 3.63) is 29.6 Å². The third-order valence-corrected chi connectivity index (χ3v) is 3.84. The Kier molecular flexibility index (Phi) is 4.51. The summed E-state index contributed by atoms with van der Waals surface area (Å²) < 4.78 is 0. The molecule has 1 saturated carbocycles. The second-order valence-electron chi connectivity index (χ2n) is 5.20. The third-order valence-electron chi connectivity index (χ3n) is 3.84. The highest BCUT2D eigenvalue weighted by atomic mass is 16.1. The molecule has 0 aliphatic heterocycles. The maximum Gasteiger partial charge on any atom is 0.270 e. The van der Waals surface area contributed by atoms with Gasteiger partial charge in [-0.05, 0) is 37.8 Å². The molecule has 1 amide bonds. The van der Waals surface area contributed by atoms with Crippen molar-refractivity contribution in [2.45, 2.75) is 45.1 Å². The van der Waals surface area contributed by atoms with E-state index in [0.717, 1.165) is 0 Å². The van der Waals surface area contributed by atoms with Crippen molar-refractivity contribution in [2.75, 3.05) is 0 Å². The van der Waals surface area contributed by atoms with Crippen LogP contribution in [0.5, 0.6) is 0 Å². The van der Waals surface area contributed by atoms with E-state index in [1.807, 2.05) is 6.07 Å². The molecule has 1 N–H and O–H groups in total. The average molecular weight is 257 g/mol. The van der Waals surface area contributed by atoms with Gasteiger partial charge in [0.2, 0.25) is 0 Å². The standard InChI is InChI=1S/C15H19N3O/c1-11(13-5-3-2-4-6-13)18-15(19)14-8-7-12(9-16)10-17-14/h7-8,10-11,13H,2-6H2,1H3,(H,18,19). The van der Waals surface area contributed by atoms with Gasteiger partial charge in [0.05, 0.1) is 5.56 Å². The van der Waals surface area contributed by atoms with E-state index >= 15 is 0 Å². The SMILES string of the molecule is CC(NC(=O)c1ccc(C#N)cn1)C1CCCCC1. The number of pyridine rings is 1. The highest BCUT2D eigenvalue weighted by Crippen LogP contribution is 2.26. The van der Waals surface area contributed by atoms with Crippen LogP contribution in [0.15, 0.2) is 18.3 Å². The van der Waals surface area contributed by atoms with Gasteiger partial charge in [-0.2, -0.15) is 5.26 Å². The average Bonchev–Trinajstić information content (AvgIpc) is 2.48. The molecule has 1 aliphatic carbocycles. The maximum atomic E-state index is 12.0. The van der Waals surface area contributed by atoms with Gasteiger partial charge in [0.25, 0.3) is 5.91 Å². The number of nitrogens with zero attached hydrogens (tertiary/aromatic N) is 2. The lowest BCUT2D eigenvalue weighted by atomic mass is 9.84. The summed E-state index contributed by atoms with van der Waals surface area (Å²) in [5.74, 6) is 0.429. The lowest BCUT2D eigenvalue weighted by Crippen LogP contribution is -2.39. The number of aromatic nitrogens is 1. The Labute approximate surface area is 113 Å². The second kappa shape index (κ2) is 6.33. The summed E-state index contributed by atoms with van der Waals surface area (Å²) in [4.78, 5) is 16.1. The minimum absolute atomic E-state index is 0.150. The zero-order valence-electron chi connectivity index (χ0n) is 11.2. The Bertz CT molecular complexity index is 469. The van der Waals surface area contributed by atoms with Gasteiger partial charge >= 0.3 is 0 Å². The van der Waals surface area contributed by atoms with E-state index in [2.05, 4.69) is 17.2 Å². The minimum Gasteiger partial charge on any atom is -0.348 e. The van der Waals surface area contributed by atoms with Crippen LogP contribution < -0.4 is 5.32 Å². The number of amides is 1. The third kappa shape index (κ3) is 3.54. The number of nitriles is 1. The molecule has 2 rings (SSSR count). The molecule has 4 heteroatoms. The fourth-order valence-electron chi connectivity index (χ4n) is 2.63. The summed E-state index contributed by atoms with van der Waals surface area (Å²) in [6, 6.07) is 5.39. The molecule has 1 aliphatic rings. The fraction of sp³-hybridized carbons (Fsp3) is 0.533. The molecule has 0 radical (unpaired) electrons. The Morgan fingerprint density at radius 2 is 2.16 bits per heavy atom. The monoisotopic (exact) mass is 257 g/mol. The molecule has 0 saturated heterocycles. The van der Waals surface area contributed by atoms with Crippen LogP contribution in [-0.2, 0) is 0 Å². The van der Waals surface area contributed by atoms with Crippen molar-refractivity contribution in [3.8, 4) is 6.07 Å². The number of hydrogen-bond acceptors (Lipinski definition) is 3. The lowest BCUT2D eigenvalue weighted by molar-refractivity contribution is 0.0914. The predicted octanol–water partition coefficient (Wildman–Crippen LogP) is 2.65. The number of nitrogens with one attached hydrogen (secondary N) is 1. The van der Waals surface area contributed by atoms with E-state index in [4.69, 9.17) is 5.26 Å². The van der Waals surface area contributed by atoms with E-state index in [-0.39, 0.29) is 11.9 Å². The fourth-order valence-corrected chi connectivity index (χ4v) is 2.63. The summed E-state index contributed by atoms with van der Waals surface area (Å²) in [5.41, 5.74) is 0.846. The Morgan fingerprint density at radius 1 is 1.42 bits per heavy atom. The van der Waals surface area contributed by atoms with E-state index in [1.165, 1.54) is 38.3 Å². The Morgan fingerprint density at radius 3 is 2.74 bits per heavy atom. The van der Waals surface area contributed by atoms with Gasteiger partial charge in [0.1, 0.15) is 11.8 Å². The molecule has 1 unspecified atom stereocenters. The molecule has 1 heterocycles. The highest BCUT2D eigenvalue weighted by molar-refractivity contribution is 5.92. The van der Waals surface area contributed by atoms with E-state index in [1.54, 1.807) is 12.1 Å². The lowest BCUT2D eigenvalue weighted by Gasteiger charge is -2.28. The largest absolute Gasteiger partial charge is 0.348 e. The number of carbonyl (C=O) groups excluding carboxylic acids is 1. The number of rotatable bonds is 3. The summed E-state index contributed by atoms with van der Waals surface area (Å²) >= 11 is 0. The van der Waals surface area contributed by atoms with Gasteiger partial charge in [0.15, 0.2) is 0 Å². The predicted molar refractivity (Wildman–Crippen MR) is 72.5 cm³/mol. The highest BCUT2D eigenvalue weighted by Gasteiger charge is 2.22. The molecule has 0 spiro atoms. The van der Waals surface area contributed by atoms with E-state index in [0.29, 0.717) is 17.2 Å². The van der Waals surface area contributed by atoms with Gasteiger partial charge in [-0.25, -0.2) is 4.98 Å². The molecule has 100 valence electrons. The van der Waals surface area contributed by atoms with Crippen molar-refractivity contribution in [1.82, 2.24) is 10.3 Å². The van der Waals surface area contributed by atoms with Crippen LogP contribution in [0.2, 0.25) is 0 Å². The molecule has 1 aromatic heterocycles. The summed E-state index contributed by atoms with van der Waals surface area (Å²) in [6.45, 7) is 2.07. The zero-order chi connectivity index (χ0) is 13.7. The molecular weight excluding hydrogens is 238 g/mol. The van der Waals surface area contributed by atoms with Crippen LogP contribution in [0.3, 0.4) is 0 Å². The van der Waals surface area contributed by atoms with Crippen LogP contribution in [0.4, 0.5) is 0 Å². The smallest absolute Gasteiger partial charge is 0.270 e. The van der Waals surface area contributed by atoms with Crippen LogP contribution in [0.1, 0.15) is 55.1 Å². The quantitative estimate of drug-likeness (QED) is 0.905. The molecule has 1 fully saturated rings. The second-order valence-corrected chi connectivity index (χ2v) is 5.20. The van der Waals surface area contributed by atoms with E-state index in [9.17, 15) is 4.79 Å². The van der Waals surface area contributed by atoms with Crippen LogP contribution in [-0.4, -0.2) is 16.9 Å². The van der Waals surface area contributed by atoms with Crippen molar-refractivity contribution in [3.63, 3.8) is 0 Å². The van der Waals surface area contributed by atoms with Crippen molar-refractivity contribution in [1.29, 1.82) is 5.26 Å². The van der Waals surface area contributed by atoms with Gasteiger partial charge in [-0.1, -0.05) is 19.3 Å². The van der Waals surface area contributed by atoms with Crippen LogP contribution in [0, 0.1) is 17.2 Å². The molecule has 19 heavy (non-hydrogen) atoms. The van der Waals surface area contributed by atoms with Gasteiger partial charge in [-0.3, -0.25) is 4.79 Å². The van der Waals surface area contributed by atoms with Gasteiger partial charge in [-0.15, -0.1) is 0 Å². The van der Waals surface area contributed by atoms with Crippen LogP contribution >= 0.6 is 0 Å². The zero-order valence-corrected chi connectivity index (χ0v) is 11.2. The van der Waals surface area contributed by atoms with Crippen molar-refractivity contribution < 1.29 is 4.79 Å². The number of carbonyl (C=O) groups is 1. The Balaban J connectivity index is 1.94. The topological polar surface area (TPSA) is 65.8 Å². The minimum atomic E-state index is -0.150. The molecule has 0 bridgehead atoms. The van der Waals surface area contributed by atoms with Gasteiger partial charge < -0.3 is 5.32 Å². The molecular formula is C15H19N3O. The first-order valence-electron chi connectivity index (χ1n) is 6.87. The van der Waals surface area contributed by atoms with Crippen molar-refractivity contribution in [2.24, 2.45) is 5.92 Å². The van der Waals surface area contributed by atoms with Gasteiger partial charge in [0, 0.05) is 12.2 Å². The van der Waals surface area contributed by atoms with E-state index < -0.39 is 0 Å². The summed E-state index contributed by atoms with van der Waals surface area (Å²) in [5, 5.41) is 11.7. The number of hydrogen-bond donors (Lipinski definition) is 1. The van der Waals surface area contributed by atoms with Crippen LogP contribution in [0.25, 0.3) is 0 Å². The summed E-state index contributed by atoms with van der Waals surface area (Å²) in [6.07, 6.45) is 7.67. The first kappa shape index (κ1) is 13.5. The molecule has 0 aromatic carbocycles. The first-order chi connectivity index (χ1) is 9.20. The normalized spacial score (nSPS) is 17.5. The Hall–Kier alpha value is -1.89. The maximum absolute atomic E-state index is 12.0.